The number of hydrogen-bond donors (Lipinski definition) is 0. The molecule has 74 valence electrons. The van der Waals surface area contributed by atoms with Gasteiger partial charge in [0.15, 0.2) is 13.1 Å². The van der Waals surface area contributed by atoms with Crippen molar-refractivity contribution in [1.29, 1.82) is 0 Å². The number of aldehydes is 1. The van der Waals surface area contributed by atoms with E-state index in [1.165, 1.54) is 7.11 Å². The molecule has 0 N–H and O–H groups in total. The fraction of sp³-hybridized carbons (Fsp3) is 0.300. The first kappa shape index (κ1) is 9.02. The molecule has 2 rings (SSSR count). The molecule has 4 nitrogen and oxygen atoms in total. The number of methoxy groups -OCH3 is 1. The predicted octanol–water partition coefficient (Wildman–Crippen LogP) is 1.37. The highest BCUT2D eigenvalue weighted by molar-refractivity contribution is 5.81. The predicted molar refractivity (Wildman–Crippen MR) is 48.7 cm³/mol. The van der Waals surface area contributed by atoms with Gasteiger partial charge in [-0.3, -0.25) is 4.79 Å². The maximum absolute atomic E-state index is 10.7. The summed E-state index contributed by atoms with van der Waals surface area (Å²) in [7, 11) is 1.53. The van der Waals surface area contributed by atoms with Crippen molar-refractivity contribution in [3.8, 4) is 11.5 Å². The average molecular weight is 194 g/mol. The van der Waals surface area contributed by atoms with Crippen LogP contribution in [0.3, 0.4) is 0 Å². The molecule has 0 fully saturated rings. The van der Waals surface area contributed by atoms with Crippen molar-refractivity contribution in [2.24, 2.45) is 0 Å². The molecular formula is C10H10O4. The summed E-state index contributed by atoms with van der Waals surface area (Å²) in [5.41, 5.74) is 1.31. The Morgan fingerprint density at radius 2 is 2.36 bits per heavy atom. The number of carbonyl (C=O) groups is 1. The van der Waals surface area contributed by atoms with Gasteiger partial charge in [-0.1, -0.05) is 0 Å². The first-order valence-electron chi connectivity index (χ1n) is 4.22. The lowest BCUT2D eigenvalue weighted by Crippen LogP contribution is -2.13. The van der Waals surface area contributed by atoms with E-state index in [0.717, 1.165) is 17.6 Å². The third-order valence-electron chi connectivity index (χ3n) is 2.12. The summed E-state index contributed by atoms with van der Waals surface area (Å²) in [5, 5.41) is 0. The van der Waals surface area contributed by atoms with Crippen molar-refractivity contribution in [2.45, 2.75) is 6.61 Å². The van der Waals surface area contributed by atoms with E-state index in [1.807, 2.05) is 0 Å². The van der Waals surface area contributed by atoms with Gasteiger partial charge in [-0.25, -0.2) is 0 Å². The smallest absolute Gasteiger partial charge is 0.189 e. The van der Waals surface area contributed by atoms with Gasteiger partial charge in [0, 0.05) is 0 Å². The molecule has 1 heterocycles. The van der Waals surface area contributed by atoms with Crippen molar-refractivity contribution in [1.82, 2.24) is 0 Å². The molecule has 1 aromatic rings. The summed E-state index contributed by atoms with van der Waals surface area (Å²) < 4.78 is 15.5. The number of carbonyl (C=O) groups excluding carboxylic acids is 1. The lowest BCUT2D eigenvalue weighted by atomic mass is 10.1. The van der Waals surface area contributed by atoms with Gasteiger partial charge in [0.05, 0.1) is 24.8 Å². The molecule has 1 aliphatic heterocycles. The molecule has 0 atom stereocenters. The zero-order valence-electron chi connectivity index (χ0n) is 7.78. The van der Waals surface area contributed by atoms with Gasteiger partial charge in [0.25, 0.3) is 0 Å². The Morgan fingerprint density at radius 3 is 3.07 bits per heavy atom. The van der Waals surface area contributed by atoms with Crippen molar-refractivity contribution in [3.05, 3.63) is 23.3 Å². The number of ether oxygens (including phenoxy) is 3. The van der Waals surface area contributed by atoms with Gasteiger partial charge in [-0.15, -0.1) is 0 Å². The SMILES string of the molecule is COc1c(C=O)ccc2c1COCO2. The summed E-state index contributed by atoms with van der Waals surface area (Å²) in [4.78, 5) is 10.7. The van der Waals surface area contributed by atoms with E-state index in [4.69, 9.17) is 14.2 Å². The van der Waals surface area contributed by atoms with E-state index in [-0.39, 0.29) is 6.79 Å². The largest absolute Gasteiger partial charge is 0.495 e. The lowest BCUT2D eigenvalue weighted by Gasteiger charge is -2.20. The van der Waals surface area contributed by atoms with Crippen LogP contribution in [0.25, 0.3) is 0 Å². The van der Waals surface area contributed by atoms with Crippen LogP contribution in [0.1, 0.15) is 15.9 Å². The van der Waals surface area contributed by atoms with Gasteiger partial charge in [-0.05, 0) is 12.1 Å². The van der Waals surface area contributed by atoms with E-state index in [2.05, 4.69) is 0 Å². The van der Waals surface area contributed by atoms with Gasteiger partial charge in [0.1, 0.15) is 11.5 Å². The standard InChI is InChI=1S/C10H10O4/c1-12-10-7(4-11)2-3-9-8(10)5-13-6-14-9/h2-4H,5-6H2,1H3. The van der Waals surface area contributed by atoms with Crippen molar-refractivity contribution >= 4 is 6.29 Å². The van der Waals surface area contributed by atoms with E-state index >= 15 is 0 Å². The van der Waals surface area contributed by atoms with Crippen LogP contribution in [0.5, 0.6) is 11.5 Å². The minimum atomic E-state index is 0.247. The number of rotatable bonds is 2. The van der Waals surface area contributed by atoms with Crippen molar-refractivity contribution < 1.29 is 19.0 Å². The minimum absolute atomic E-state index is 0.247. The highest BCUT2D eigenvalue weighted by atomic mass is 16.7. The molecule has 0 spiro atoms. The highest BCUT2D eigenvalue weighted by Crippen LogP contribution is 2.34. The maximum Gasteiger partial charge on any atom is 0.189 e. The van der Waals surface area contributed by atoms with E-state index < -0.39 is 0 Å². The number of hydrogen-bond acceptors (Lipinski definition) is 4. The zero-order valence-corrected chi connectivity index (χ0v) is 7.78. The van der Waals surface area contributed by atoms with Gasteiger partial charge >= 0.3 is 0 Å². The molecule has 1 aromatic carbocycles. The Morgan fingerprint density at radius 1 is 1.50 bits per heavy atom. The van der Waals surface area contributed by atoms with Crippen LogP contribution < -0.4 is 9.47 Å². The van der Waals surface area contributed by atoms with Crippen molar-refractivity contribution in [3.63, 3.8) is 0 Å². The average Bonchev–Trinajstić information content (AvgIpc) is 2.27. The van der Waals surface area contributed by atoms with Gasteiger partial charge in [-0.2, -0.15) is 0 Å². The molecule has 0 radical (unpaired) electrons. The second-order valence-corrected chi connectivity index (χ2v) is 2.89. The van der Waals surface area contributed by atoms with Gasteiger partial charge in [0.2, 0.25) is 0 Å². The molecule has 0 aliphatic carbocycles. The van der Waals surface area contributed by atoms with Crippen LogP contribution in [0.2, 0.25) is 0 Å². The number of benzene rings is 1. The first-order valence-corrected chi connectivity index (χ1v) is 4.22. The van der Waals surface area contributed by atoms with Crippen LogP contribution in [-0.2, 0) is 11.3 Å². The Labute approximate surface area is 81.4 Å². The van der Waals surface area contributed by atoms with Crippen LogP contribution in [-0.4, -0.2) is 20.2 Å². The second-order valence-electron chi connectivity index (χ2n) is 2.89. The molecule has 14 heavy (non-hydrogen) atoms. The molecule has 0 saturated heterocycles. The summed E-state index contributed by atoms with van der Waals surface area (Å²) >= 11 is 0. The molecule has 0 aromatic heterocycles. The highest BCUT2D eigenvalue weighted by Gasteiger charge is 2.18. The minimum Gasteiger partial charge on any atom is -0.495 e. The molecule has 0 unspecified atom stereocenters. The van der Waals surface area contributed by atoms with Gasteiger partial charge < -0.3 is 14.2 Å². The Balaban J connectivity index is 2.55. The zero-order chi connectivity index (χ0) is 9.97. The summed E-state index contributed by atoms with van der Waals surface area (Å²) in [6.07, 6.45) is 0.758. The quantitative estimate of drug-likeness (QED) is 0.667. The van der Waals surface area contributed by atoms with Crippen molar-refractivity contribution in [2.75, 3.05) is 13.9 Å². The maximum atomic E-state index is 10.7. The van der Waals surface area contributed by atoms with E-state index in [0.29, 0.717) is 17.9 Å². The van der Waals surface area contributed by atoms with Crippen LogP contribution >= 0.6 is 0 Å². The Bertz CT molecular complexity index is 359. The molecule has 4 heteroatoms. The second kappa shape index (κ2) is 3.67. The van der Waals surface area contributed by atoms with Crippen LogP contribution in [0.4, 0.5) is 0 Å². The van der Waals surface area contributed by atoms with Crippen LogP contribution in [0.15, 0.2) is 12.1 Å². The fourth-order valence-corrected chi connectivity index (χ4v) is 1.48. The Kier molecular flexibility index (Phi) is 2.37. The van der Waals surface area contributed by atoms with E-state index in [9.17, 15) is 4.79 Å². The Hall–Kier alpha value is -1.55. The van der Waals surface area contributed by atoms with Crippen LogP contribution in [0, 0.1) is 0 Å². The fourth-order valence-electron chi connectivity index (χ4n) is 1.48. The monoisotopic (exact) mass is 194 g/mol. The number of fused-ring (bicyclic) bond motifs is 1. The normalized spacial score (nSPS) is 14.1. The lowest BCUT2D eigenvalue weighted by molar-refractivity contribution is -0.0175. The molecular weight excluding hydrogens is 184 g/mol. The summed E-state index contributed by atoms with van der Waals surface area (Å²) in [5.74, 6) is 1.26. The van der Waals surface area contributed by atoms with E-state index in [1.54, 1.807) is 12.1 Å². The summed E-state index contributed by atoms with van der Waals surface area (Å²) in [6, 6.07) is 3.43. The topological polar surface area (TPSA) is 44.8 Å². The third-order valence-corrected chi connectivity index (χ3v) is 2.12. The third kappa shape index (κ3) is 1.33. The summed E-state index contributed by atoms with van der Waals surface area (Å²) in [6.45, 7) is 0.663. The molecule has 0 saturated carbocycles. The molecule has 1 aliphatic rings. The molecule has 0 amide bonds. The molecule has 0 bridgehead atoms. The first-order chi connectivity index (χ1) is 6.86.